The molecule has 0 amide bonds. The Morgan fingerprint density at radius 2 is 2.00 bits per heavy atom. The van der Waals surface area contributed by atoms with Gasteiger partial charge in [0.1, 0.15) is 11.5 Å². The molecule has 0 aromatic carbocycles. The van der Waals surface area contributed by atoms with E-state index in [1.807, 2.05) is 29.9 Å². The quantitative estimate of drug-likeness (QED) is 0.552. The van der Waals surface area contributed by atoms with Gasteiger partial charge < -0.3 is 0 Å². The van der Waals surface area contributed by atoms with Gasteiger partial charge in [-0.15, -0.1) is 0 Å². The number of aryl methyl sites for hydroxylation is 2. The molecule has 0 saturated heterocycles. The maximum Gasteiger partial charge on any atom is 0.266 e. The molecule has 0 bridgehead atoms. The first kappa shape index (κ1) is 16.1. The van der Waals surface area contributed by atoms with Crippen molar-refractivity contribution in [1.82, 2.24) is 33.9 Å². The van der Waals surface area contributed by atoms with Crippen molar-refractivity contribution in [3.8, 4) is 22.6 Å². The summed E-state index contributed by atoms with van der Waals surface area (Å²) in [6, 6.07) is 1.89. The van der Waals surface area contributed by atoms with Gasteiger partial charge in [0.25, 0.3) is 6.08 Å². The fraction of sp³-hybridized carbons (Fsp3) is 0.176. The van der Waals surface area contributed by atoms with Crippen LogP contribution in [0.25, 0.3) is 28.3 Å². The Kier molecular flexibility index (Phi) is 4.04. The molecule has 132 valence electrons. The molecule has 4 heterocycles. The van der Waals surface area contributed by atoms with Gasteiger partial charge in [0.15, 0.2) is 0 Å². The lowest BCUT2D eigenvalue weighted by Gasteiger charge is -2.05. The van der Waals surface area contributed by atoms with Crippen molar-refractivity contribution in [2.24, 2.45) is 7.05 Å². The minimum absolute atomic E-state index is 0.215. The first-order chi connectivity index (χ1) is 12.6. The smallest absolute Gasteiger partial charge is 0.266 e. The van der Waals surface area contributed by atoms with Gasteiger partial charge >= 0.3 is 0 Å². The number of nitrogens with zero attached hydrogens (tertiary/aromatic N) is 7. The lowest BCUT2D eigenvalue weighted by Crippen LogP contribution is -1.98. The van der Waals surface area contributed by atoms with Crippen LogP contribution in [-0.2, 0) is 13.6 Å². The summed E-state index contributed by atoms with van der Waals surface area (Å²) in [5, 5.41) is 8.42. The molecule has 7 nitrogen and oxygen atoms in total. The van der Waals surface area contributed by atoms with E-state index < -0.39 is 6.08 Å². The Hall–Kier alpha value is -3.36. The molecule has 0 spiro atoms. The SMILES string of the molecule is Cn1cc(-c2cc3nccn3c(-c3cnn(CCC=C(F)F)c3)n2)cn1. The van der Waals surface area contributed by atoms with Crippen LogP contribution in [0.2, 0.25) is 0 Å². The second-order valence-corrected chi connectivity index (χ2v) is 5.80. The molecule has 0 N–H and O–H groups in total. The molecule has 0 radical (unpaired) electrons. The van der Waals surface area contributed by atoms with E-state index in [0.29, 0.717) is 12.4 Å². The summed E-state index contributed by atoms with van der Waals surface area (Å²) in [5.41, 5.74) is 3.17. The largest absolute Gasteiger partial charge is 0.284 e. The zero-order valence-corrected chi connectivity index (χ0v) is 13.9. The van der Waals surface area contributed by atoms with Crippen molar-refractivity contribution in [2.75, 3.05) is 0 Å². The van der Waals surface area contributed by atoms with E-state index in [2.05, 4.69) is 15.2 Å². The number of aromatic nitrogens is 7. The minimum Gasteiger partial charge on any atom is -0.284 e. The summed E-state index contributed by atoms with van der Waals surface area (Å²) in [4.78, 5) is 9.08. The van der Waals surface area contributed by atoms with Gasteiger partial charge in [0.05, 0.1) is 23.7 Å². The third-order valence-electron chi connectivity index (χ3n) is 3.94. The third kappa shape index (κ3) is 3.10. The molecule has 0 fully saturated rings. The molecule has 0 aliphatic heterocycles. The Balaban J connectivity index is 1.73. The summed E-state index contributed by atoms with van der Waals surface area (Å²) in [6.07, 6.45) is 10.0. The summed E-state index contributed by atoms with van der Waals surface area (Å²) < 4.78 is 29.5. The molecule has 0 saturated carbocycles. The second-order valence-electron chi connectivity index (χ2n) is 5.80. The van der Waals surface area contributed by atoms with Gasteiger partial charge in [-0.05, 0) is 12.5 Å². The minimum atomic E-state index is -1.68. The van der Waals surface area contributed by atoms with Gasteiger partial charge in [-0.2, -0.15) is 19.0 Å². The first-order valence-corrected chi connectivity index (χ1v) is 7.97. The number of imidazole rings is 1. The highest BCUT2D eigenvalue weighted by molar-refractivity contribution is 5.68. The first-order valence-electron chi connectivity index (χ1n) is 7.97. The van der Waals surface area contributed by atoms with Crippen molar-refractivity contribution in [3.05, 3.63) is 55.4 Å². The predicted octanol–water partition coefficient (Wildman–Crippen LogP) is 3.16. The molecule has 26 heavy (non-hydrogen) atoms. The van der Waals surface area contributed by atoms with E-state index in [0.717, 1.165) is 28.5 Å². The average molecular weight is 355 g/mol. The summed E-state index contributed by atoms with van der Waals surface area (Å²) >= 11 is 0. The summed E-state index contributed by atoms with van der Waals surface area (Å²) in [7, 11) is 1.84. The maximum atomic E-state index is 12.2. The molecule has 4 aromatic rings. The van der Waals surface area contributed by atoms with Gasteiger partial charge in [0, 0.05) is 50.0 Å². The van der Waals surface area contributed by atoms with E-state index in [4.69, 9.17) is 4.98 Å². The number of hydrogen-bond donors (Lipinski definition) is 0. The van der Waals surface area contributed by atoms with Crippen LogP contribution in [0.15, 0.2) is 55.4 Å². The number of rotatable bonds is 5. The topological polar surface area (TPSA) is 65.8 Å². The van der Waals surface area contributed by atoms with Crippen LogP contribution >= 0.6 is 0 Å². The Morgan fingerprint density at radius 1 is 1.15 bits per heavy atom. The highest BCUT2D eigenvalue weighted by Crippen LogP contribution is 2.24. The fourth-order valence-corrected chi connectivity index (χ4v) is 2.74. The Bertz CT molecular complexity index is 1090. The Morgan fingerprint density at radius 3 is 2.77 bits per heavy atom. The molecule has 9 heteroatoms. The van der Waals surface area contributed by atoms with Crippen LogP contribution in [0, 0.1) is 0 Å². The van der Waals surface area contributed by atoms with Crippen LogP contribution in [0.3, 0.4) is 0 Å². The zero-order valence-electron chi connectivity index (χ0n) is 13.9. The predicted molar refractivity (Wildman–Crippen MR) is 91.3 cm³/mol. The highest BCUT2D eigenvalue weighted by Gasteiger charge is 2.13. The number of halogens is 2. The fourth-order valence-electron chi connectivity index (χ4n) is 2.74. The van der Waals surface area contributed by atoms with Crippen LogP contribution in [0.5, 0.6) is 0 Å². The molecule has 0 atom stereocenters. The lowest BCUT2D eigenvalue weighted by atomic mass is 10.2. The van der Waals surface area contributed by atoms with Gasteiger partial charge in [0.2, 0.25) is 0 Å². The van der Waals surface area contributed by atoms with Crippen molar-refractivity contribution in [3.63, 3.8) is 0 Å². The average Bonchev–Trinajstić information content (AvgIpc) is 3.33. The monoisotopic (exact) mass is 355 g/mol. The molecule has 4 rings (SSSR count). The van der Waals surface area contributed by atoms with Crippen LogP contribution < -0.4 is 0 Å². The normalized spacial score (nSPS) is 11.2. The molecule has 0 aliphatic rings. The van der Waals surface area contributed by atoms with Crippen molar-refractivity contribution in [1.29, 1.82) is 0 Å². The maximum absolute atomic E-state index is 12.2. The second kappa shape index (κ2) is 6.51. The molecule has 4 aromatic heterocycles. The zero-order chi connectivity index (χ0) is 18.1. The lowest BCUT2D eigenvalue weighted by molar-refractivity contribution is 0.415. The number of fused-ring (bicyclic) bond motifs is 1. The molecular weight excluding hydrogens is 340 g/mol. The third-order valence-corrected chi connectivity index (χ3v) is 3.94. The molecule has 0 aliphatic carbocycles. The van der Waals surface area contributed by atoms with E-state index in [-0.39, 0.29) is 6.42 Å². The van der Waals surface area contributed by atoms with E-state index in [1.54, 1.807) is 34.2 Å². The molecular formula is C17H15F2N7. The highest BCUT2D eigenvalue weighted by atomic mass is 19.3. The van der Waals surface area contributed by atoms with Crippen molar-refractivity contribution >= 4 is 5.65 Å². The van der Waals surface area contributed by atoms with Crippen molar-refractivity contribution < 1.29 is 8.78 Å². The number of hydrogen-bond acceptors (Lipinski definition) is 4. The van der Waals surface area contributed by atoms with Gasteiger partial charge in [-0.3, -0.25) is 13.8 Å². The van der Waals surface area contributed by atoms with Crippen LogP contribution in [-0.4, -0.2) is 33.9 Å². The standard InChI is InChI=1S/C17H15F2N7/c1-24-10-12(8-21-24)14-7-16-20-4-6-26(16)17(23-14)13-9-22-25(11-13)5-2-3-15(18)19/h3-4,6-11H,2,5H2,1H3. The summed E-state index contributed by atoms with van der Waals surface area (Å²) in [5.74, 6) is 0.678. The van der Waals surface area contributed by atoms with Gasteiger partial charge in [-0.25, -0.2) is 9.97 Å². The van der Waals surface area contributed by atoms with Gasteiger partial charge in [-0.1, -0.05) is 0 Å². The van der Waals surface area contributed by atoms with E-state index >= 15 is 0 Å². The van der Waals surface area contributed by atoms with E-state index in [1.165, 1.54) is 0 Å². The number of allylic oxidation sites excluding steroid dienone is 1. The van der Waals surface area contributed by atoms with Crippen LogP contribution in [0.4, 0.5) is 8.78 Å². The van der Waals surface area contributed by atoms with Crippen molar-refractivity contribution in [2.45, 2.75) is 13.0 Å². The Labute approximate surface area is 147 Å². The van der Waals surface area contributed by atoms with E-state index in [9.17, 15) is 8.78 Å². The summed E-state index contributed by atoms with van der Waals surface area (Å²) in [6.45, 7) is 0.368. The van der Waals surface area contributed by atoms with Crippen LogP contribution in [0.1, 0.15) is 6.42 Å². The molecule has 0 unspecified atom stereocenters.